The van der Waals surface area contributed by atoms with Gasteiger partial charge in [-0.1, -0.05) is 42.0 Å². The summed E-state index contributed by atoms with van der Waals surface area (Å²) in [6, 6.07) is 16.2. The zero-order valence-corrected chi connectivity index (χ0v) is 18.0. The molecule has 1 N–H and O–H groups in total. The number of anilines is 1. The molecule has 1 unspecified atom stereocenters. The molecule has 2 aromatic carbocycles. The molecule has 1 saturated heterocycles. The molecule has 1 aliphatic rings. The van der Waals surface area contributed by atoms with Gasteiger partial charge in [-0.3, -0.25) is 10.1 Å². The summed E-state index contributed by atoms with van der Waals surface area (Å²) in [4.78, 5) is 19.4. The monoisotopic (exact) mass is 424 g/mol. The molecular weight excluding hydrogens is 400 g/mol. The van der Waals surface area contributed by atoms with Crippen molar-refractivity contribution in [3.05, 3.63) is 76.3 Å². The van der Waals surface area contributed by atoms with E-state index in [0.717, 1.165) is 41.4 Å². The minimum atomic E-state index is -0.114. The van der Waals surface area contributed by atoms with E-state index in [1.807, 2.05) is 30.5 Å². The molecule has 1 atom stereocenters. The van der Waals surface area contributed by atoms with Gasteiger partial charge in [-0.15, -0.1) is 23.1 Å². The predicted molar refractivity (Wildman–Crippen MR) is 120 cm³/mol. The Hall–Kier alpha value is -2.15. The van der Waals surface area contributed by atoms with Gasteiger partial charge in [0.1, 0.15) is 0 Å². The van der Waals surface area contributed by atoms with Gasteiger partial charge < -0.3 is 4.74 Å². The first-order valence-corrected chi connectivity index (χ1v) is 11.6. The summed E-state index contributed by atoms with van der Waals surface area (Å²) in [7, 11) is 0. The molecule has 0 saturated carbocycles. The molecular formula is C23H24N2O2S2. The van der Waals surface area contributed by atoms with Gasteiger partial charge in [-0.25, -0.2) is 4.98 Å². The fourth-order valence-corrected chi connectivity index (χ4v) is 5.22. The first kappa shape index (κ1) is 20.1. The molecule has 4 nitrogen and oxygen atoms in total. The van der Waals surface area contributed by atoms with Crippen molar-refractivity contribution in [1.82, 2.24) is 4.98 Å². The summed E-state index contributed by atoms with van der Waals surface area (Å²) in [5, 5.41) is 3.60. The van der Waals surface area contributed by atoms with Crippen LogP contribution < -0.4 is 5.32 Å². The Bertz CT molecular complexity index is 963. The van der Waals surface area contributed by atoms with Crippen molar-refractivity contribution >= 4 is 34.1 Å². The number of aryl methyl sites for hydroxylation is 1. The molecule has 29 heavy (non-hydrogen) atoms. The van der Waals surface area contributed by atoms with E-state index >= 15 is 0 Å². The van der Waals surface area contributed by atoms with Gasteiger partial charge in [-0.2, -0.15) is 0 Å². The summed E-state index contributed by atoms with van der Waals surface area (Å²) < 4.78 is 5.70. The number of hydrogen-bond donors (Lipinski definition) is 1. The highest BCUT2D eigenvalue weighted by Crippen LogP contribution is 2.28. The van der Waals surface area contributed by atoms with E-state index in [9.17, 15) is 4.79 Å². The molecule has 1 amide bonds. The molecule has 0 bridgehead atoms. The van der Waals surface area contributed by atoms with Crippen LogP contribution in [0.3, 0.4) is 0 Å². The lowest BCUT2D eigenvalue weighted by atomic mass is 10.1. The summed E-state index contributed by atoms with van der Waals surface area (Å²) in [5.74, 6) is 0.763. The SMILES string of the molecule is Cc1ccc(Cc2cnc(NC(=O)c3ccccc3SCC3CCCO3)s2)cc1. The Balaban J connectivity index is 1.39. The number of nitrogens with one attached hydrogen (secondary N) is 1. The molecule has 2 heterocycles. The van der Waals surface area contributed by atoms with Gasteiger partial charge in [-0.05, 0) is 37.5 Å². The smallest absolute Gasteiger partial charge is 0.258 e. The predicted octanol–water partition coefficient (Wildman–Crippen LogP) is 5.57. The van der Waals surface area contributed by atoms with E-state index in [4.69, 9.17) is 4.74 Å². The number of rotatable bonds is 7. The number of hydrogen-bond acceptors (Lipinski definition) is 5. The van der Waals surface area contributed by atoms with Crippen molar-refractivity contribution in [2.45, 2.75) is 37.2 Å². The van der Waals surface area contributed by atoms with Gasteiger partial charge in [0.25, 0.3) is 5.91 Å². The van der Waals surface area contributed by atoms with Gasteiger partial charge in [0.2, 0.25) is 0 Å². The maximum Gasteiger partial charge on any atom is 0.258 e. The highest BCUT2D eigenvalue weighted by atomic mass is 32.2. The second kappa shape index (κ2) is 9.57. The topological polar surface area (TPSA) is 51.2 Å². The molecule has 3 aromatic rings. The van der Waals surface area contributed by atoms with Crippen molar-refractivity contribution in [3.8, 4) is 0 Å². The number of thiazole rings is 1. The van der Waals surface area contributed by atoms with E-state index in [1.165, 1.54) is 22.5 Å². The van der Waals surface area contributed by atoms with Crippen LogP contribution in [0.4, 0.5) is 5.13 Å². The number of amides is 1. The summed E-state index contributed by atoms with van der Waals surface area (Å²) in [6.45, 7) is 2.93. The highest BCUT2D eigenvalue weighted by Gasteiger charge is 2.18. The number of carbonyl (C=O) groups is 1. The third kappa shape index (κ3) is 5.47. The summed E-state index contributed by atoms with van der Waals surface area (Å²) in [6.07, 6.45) is 5.19. The lowest BCUT2D eigenvalue weighted by molar-refractivity contribution is 0.102. The fraction of sp³-hybridized carbons (Fsp3) is 0.304. The zero-order valence-electron chi connectivity index (χ0n) is 16.4. The number of carbonyl (C=O) groups excluding carboxylic acids is 1. The third-order valence-corrected chi connectivity index (χ3v) is 6.97. The van der Waals surface area contributed by atoms with Crippen molar-refractivity contribution in [1.29, 1.82) is 0 Å². The van der Waals surface area contributed by atoms with Crippen molar-refractivity contribution in [2.75, 3.05) is 17.7 Å². The fourth-order valence-electron chi connectivity index (χ4n) is 3.26. The first-order valence-electron chi connectivity index (χ1n) is 9.82. The Morgan fingerprint density at radius 2 is 2.07 bits per heavy atom. The average molecular weight is 425 g/mol. The minimum Gasteiger partial charge on any atom is -0.377 e. The molecule has 0 radical (unpaired) electrons. The van der Waals surface area contributed by atoms with E-state index in [2.05, 4.69) is 41.5 Å². The standard InChI is InChI=1S/C23H24N2O2S2/c1-16-8-10-17(11-9-16)13-19-14-24-23(29-19)25-22(26)20-6-2-3-7-21(20)28-15-18-5-4-12-27-18/h2-3,6-11,14,18H,4-5,12-13,15H2,1H3,(H,24,25,26). The van der Waals surface area contributed by atoms with Crippen LogP contribution in [0.5, 0.6) is 0 Å². The summed E-state index contributed by atoms with van der Waals surface area (Å²) >= 11 is 3.21. The maximum atomic E-state index is 12.8. The van der Waals surface area contributed by atoms with Crippen LogP contribution in [0.2, 0.25) is 0 Å². The van der Waals surface area contributed by atoms with Gasteiger partial charge >= 0.3 is 0 Å². The average Bonchev–Trinajstić information content (AvgIpc) is 3.40. The van der Waals surface area contributed by atoms with Crippen LogP contribution in [0, 0.1) is 6.92 Å². The number of ether oxygens (including phenoxy) is 1. The number of thioether (sulfide) groups is 1. The number of aromatic nitrogens is 1. The van der Waals surface area contributed by atoms with Crippen LogP contribution >= 0.6 is 23.1 Å². The van der Waals surface area contributed by atoms with E-state index in [0.29, 0.717) is 16.8 Å². The normalized spacial score (nSPS) is 16.1. The van der Waals surface area contributed by atoms with Crippen LogP contribution in [-0.2, 0) is 11.2 Å². The van der Waals surface area contributed by atoms with Gasteiger partial charge in [0, 0.05) is 34.8 Å². The van der Waals surface area contributed by atoms with E-state index < -0.39 is 0 Å². The highest BCUT2D eigenvalue weighted by molar-refractivity contribution is 7.99. The van der Waals surface area contributed by atoms with Crippen molar-refractivity contribution in [2.24, 2.45) is 0 Å². The molecule has 4 rings (SSSR count). The largest absolute Gasteiger partial charge is 0.377 e. The molecule has 6 heteroatoms. The van der Waals surface area contributed by atoms with Gasteiger partial charge in [0.05, 0.1) is 11.7 Å². The van der Waals surface area contributed by atoms with Crippen molar-refractivity contribution < 1.29 is 9.53 Å². The maximum absolute atomic E-state index is 12.8. The van der Waals surface area contributed by atoms with Crippen LogP contribution in [0.1, 0.15) is 39.2 Å². The Kier molecular flexibility index (Phi) is 6.64. The Morgan fingerprint density at radius 3 is 2.86 bits per heavy atom. The molecule has 0 spiro atoms. The zero-order chi connectivity index (χ0) is 20.1. The van der Waals surface area contributed by atoms with Crippen molar-refractivity contribution in [3.63, 3.8) is 0 Å². The molecule has 1 fully saturated rings. The van der Waals surface area contributed by atoms with E-state index in [1.54, 1.807) is 11.8 Å². The lowest BCUT2D eigenvalue weighted by Crippen LogP contribution is -2.13. The van der Waals surface area contributed by atoms with E-state index in [-0.39, 0.29) is 5.91 Å². The van der Waals surface area contributed by atoms with Gasteiger partial charge in [0.15, 0.2) is 5.13 Å². The van der Waals surface area contributed by atoms with Crippen LogP contribution in [0.15, 0.2) is 59.6 Å². The Morgan fingerprint density at radius 1 is 1.24 bits per heavy atom. The lowest BCUT2D eigenvalue weighted by Gasteiger charge is -2.11. The first-order chi connectivity index (χ1) is 14.2. The second-order valence-electron chi connectivity index (χ2n) is 7.19. The number of nitrogens with zero attached hydrogens (tertiary/aromatic N) is 1. The molecule has 1 aliphatic heterocycles. The van der Waals surface area contributed by atoms with Crippen LogP contribution in [-0.4, -0.2) is 29.4 Å². The Labute approximate surface area is 179 Å². The minimum absolute atomic E-state index is 0.114. The quantitative estimate of drug-likeness (QED) is 0.504. The second-order valence-corrected chi connectivity index (χ2v) is 9.37. The number of benzene rings is 2. The third-order valence-electron chi connectivity index (χ3n) is 4.85. The molecule has 1 aromatic heterocycles. The molecule has 0 aliphatic carbocycles. The summed E-state index contributed by atoms with van der Waals surface area (Å²) in [5.41, 5.74) is 3.18. The molecule has 150 valence electrons. The van der Waals surface area contributed by atoms with Crippen LogP contribution in [0.25, 0.3) is 0 Å².